The van der Waals surface area contributed by atoms with Crippen LogP contribution in [-0.4, -0.2) is 46.9 Å². The minimum atomic E-state index is -0.676. The Hall–Kier alpha value is -3.05. The summed E-state index contributed by atoms with van der Waals surface area (Å²) in [5, 5.41) is 5.30. The Morgan fingerprint density at radius 1 is 1.32 bits per heavy atom. The fraction of sp³-hybridized carbons (Fsp3) is 0.455. The van der Waals surface area contributed by atoms with Crippen molar-refractivity contribution in [1.82, 2.24) is 15.5 Å². The minimum Gasteiger partial charge on any atom is -0.444 e. The zero-order valence-corrected chi connectivity index (χ0v) is 18.4. The molecule has 2 N–H and O–H groups in total. The average Bonchev–Trinajstić information content (AvgIpc) is 2.95. The number of halogens is 1. The Kier molecular flexibility index (Phi) is 6.56. The first-order valence-corrected chi connectivity index (χ1v) is 10.4. The summed E-state index contributed by atoms with van der Waals surface area (Å²) in [5.74, 6) is 4.78. The van der Waals surface area contributed by atoms with E-state index < -0.39 is 23.6 Å². The topological polar surface area (TPSA) is 105 Å². The van der Waals surface area contributed by atoms with E-state index in [4.69, 9.17) is 16.3 Å². The third kappa shape index (κ3) is 5.56. The number of alkyl carbamates (subject to hydrolysis) is 1. The molecule has 1 saturated heterocycles. The molecule has 0 bridgehead atoms. The molecule has 1 atom stereocenters. The number of hydrogen-bond acceptors (Lipinski definition) is 5. The summed E-state index contributed by atoms with van der Waals surface area (Å²) in [6, 6.07) is 2.63. The van der Waals surface area contributed by atoms with Crippen molar-refractivity contribution in [3.63, 3.8) is 0 Å². The summed E-state index contributed by atoms with van der Waals surface area (Å²) in [6.07, 6.45) is 0.369. The third-order valence-electron chi connectivity index (χ3n) is 4.75. The molecule has 0 saturated carbocycles. The molecule has 2 aliphatic heterocycles. The quantitative estimate of drug-likeness (QED) is 0.422. The van der Waals surface area contributed by atoms with Crippen molar-refractivity contribution < 1.29 is 23.9 Å². The fourth-order valence-corrected chi connectivity index (χ4v) is 3.61. The van der Waals surface area contributed by atoms with Gasteiger partial charge in [0, 0.05) is 37.1 Å². The highest BCUT2D eigenvalue weighted by molar-refractivity contribution is 6.32. The van der Waals surface area contributed by atoms with Crippen LogP contribution in [0.2, 0.25) is 5.02 Å². The number of amides is 4. The Labute approximate surface area is 185 Å². The van der Waals surface area contributed by atoms with E-state index in [1.165, 1.54) is 4.90 Å². The molecule has 0 spiro atoms. The molecule has 2 heterocycles. The van der Waals surface area contributed by atoms with E-state index in [1.54, 1.807) is 32.9 Å². The number of piperidine rings is 1. The van der Waals surface area contributed by atoms with Crippen LogP contribution in [-0.2, 0) is 20.9 Å². The van der Waals surface area contributed by atoms with E-state index >= 15 is 0 Å². The molecule has 0 radical (unpaired) electrons. The van der Waals surface area contributed by atoms with Crippen molar-refractivity contribution in [3.05, 3.63) is 33.8 Å². The van der Waals surface area contributed by atoms with E-state index in [2.05, 4.69) is 22.5 Å². The lowest BCUT2D eigenvalue weighted by Crippen LogP contribution is -2.52. The van der Waals surface area contributed by atoms with Gasteiger partial charge in [-0.15, -0.1) is 0 Å². The maximum Gasteiger partial charge on any atom is 0.407 e. The number of imide groups is 1. The van der Waals surface area contributed by atoms with Crippen molar-refractivity contribution in [2.45, 2.75) is 58.2 Å². The molecular weight excluding hydrogens is 422 g/mol. The van der Waals surface area contributed by atoms with Crippen molar-refractivity contribution >= 4 is 35.4 Å². The molecule has 8 nitrogen and oxygen atoms in total. The summed E-state index contributed by atoms with van der Waals surface area (Å²) in [5.41, 5.74) is 1.10. The van der Waals surface area contributed by atoms with Crippen LogP contribution in [0.5, 0.6) is 0 Å². The first-order valence-electron chi connectivity index (χ1n) is 9.98. The third-order valence-corrected chi connectivity index (χ3v) is 5.07. The van der Waals surface area contributed by atoms with Crippen LogP contribution in [0.3, 0.4) is 0 Å². The van der Waals surface area contributed by atoms with Crippen molar-refractivity contribution in [2.75, 3.05) is 6.54 Å². The molecule has 3 rings (SSSR count). The second kappa shape index (κ2) is 8.98. The van der Waals surface area contributed by atoms with Crippen molar-refractivity contribution in [1.29, 1.82) is 0 Å². The van der Waals surface area contributed by atoms with Gasteiger partial charge in [-0.3, -0.25) is 19.7 Å². The van der Waals surface area contributed by atoms with Gasteiger partial charge in [-0.05, 0) is 44.9 Å². The summed E-state index contributed by atoms with van der Waals surface area (Å²) in [4.78, 5) is 49.5. The first-order chi connectivity index (χ1) is 14.5. The van der Waals surface area contributed by atoms with Crippen molar-refractivity contribution in [2.24, 2.45) is 0 Å². The molecule has 9 heteroatoms. The van der Waals surface area contributed by atoms with Gasteiger partial charge < -0.3 is 15.0 Å². The number of carbonyl (C=O) groups excluding carboxylic acids is 4. The number of rotatable bonds is 3. The summed E-state index contributed by atoms with van der Waals surface area (Å²) < 4.78 is 5.15. The SMILES string of the molecule is CC(C)(C)OC(=O)NCCC#Cc1cc2c(cc1Cl)CN(C1CCC(=O)NC1=O)C2=O. The number of hydrogen-bond donors (Lipinski definition) is 2. The van der Waals surface area contributed by atoms with Crippen LogP contribution >= 0.6 is 11.6 Å². The van der Waals surface area contributed by atoms with Crippen LogP contribution in [0.1, 0.15) is 61.5 Å². The normalized spacial score (nSPS) is 18.1. The van der Waals surface area contributed by atoms with Gasteiger partial charge in [0.1, 0.15) is 11.6 Å². The van der Waals surface area contributed by atoms with Crippen LogP contribution in [0, 0.1) is 11.8 Å². The molecule has 0 aliphatic carbocycles. The standard InChI is InChI=1S/C22H24ClN3O5/c1-22(2,3)31-21(30)24-9-5-4-6-13-10-15-14(11-16(13)23)12-26(20(15)29)17-7-8-18(27)25-19(17)28/h10-11,17H,5,7-9,12H2,1-3H3,(H,24,30)(H,25,27,28). The Morgan fingerprint density at radius 3 is 2.74 bits per heavy atom. The predicted octanol–water partition coefficient (Wildman–Crippen LogP) is 2.37. The van der Waals surface area contributed by atoms with Gasteiger partial charge in [0.15, 0.2) is 0 Å². The summed E-state index contributed by atoms with van der Waals surface area (Å²) in [7, 11) is 0. The van der Waals surface area contributed by atoms with E-state index in [1.807, 2.05) is 0 Å². The number of benzene rings is 1. The summed E-state index contributed by atoms with van der Waals surface area (Å²) in [6.45, 7) is 5.92. The van der Waals surface area contributed by atoms with E-state index in [-0.39, 0.29) is 24.8 Å². The first kappa shape index (κ1) is 22.6. The second-order valence-corrected chi connectivity index (χ2v) is 8.78. The number of carbonyl (C=O) groups is 4. The Balaban J connectivity index is 1.63. The van der Waals surface area contributed by atoms with Gasteiger partial charge in [0.25, 0.3) is 5.91 Å². The largest absolute Gasteiger partial charge is 0.444 e. The molecule has 164 valence electrons. The maximum absolute atomic E-state index is 12.9. The highest BCUT2D eigenvalue weighted by Crippen LogP contribution is 2.31. The van der Waals surface area contributed by atoms with Gasteiger partial charge in [0.05, 0.1) is 5.02 Å². The van der Waals surface area contributed by atoms with E-state index in [0.29, 0.717) is 35.5 Å². The highest BCUT2D eigenvalue weighted by atomic mass is 35.5. The lowest BCUT2D eigenvalue weighted by atomic mass is 10.0. The molecular formula is C22H24ClN3O5. The van der Waals surface area contributed by atoms with Gasteiger partial charge in [-0.1, -0.05) is 23.4 Å². The number of nitrogens with one attached hydrogen (secondary N) is 2. The zero-order valence-electron chi connectivity index (χ0n) is 17.6. The molecule has 31 heavy (non-hydrogen) atoms. The van der Waals surface area contributed by atoms with Gasteiger partial charge in [-0.2, -0.15) is 0 Å². The second-order valence-electron chi connectivity index (χ2n) is 8.37. The highest BCUT2D eigenvalue weighted by Gasteiger charge is 2.39. The number of ether oxygens (including phenoxy) is 1. The van der Waals surface area contributed by atoms with Crippen LogP contribution in [0.4, 0.5) is 4.79 Å². The smallest absolute Gasteiger partial charge is 0.407 e. The molecule has 2 aliphatic rings. The average molecular weight is 446 g/mol. The van der Waals surface area contributed by atoms with Gasteiger partial charge >= 0.3 is 6.09 Å². The molecule has 1 aromatic rings. The van der Waals surface area contributed by atoms with Gasteiger partial charge in [0.2, 0.25) is 11.8 Å². The number of fused-ring (bicyclic) bond motifs is 1. The zero-order chi connectivity index (χ0) is 22.8. The summed E-state index contributed by atoms with van der Waals surface area (Å²) >= 11 is 6.33. The molecule has 1 fully saturated rings. The Morgan fingerprint density at radius 2 is 2.06 bits per heavy atom. The van der Waals surface area contributed by atoms with Crippen LogP contribution < -0.4 is 10.6 Å². The predicted molar refractivity (Wildman–Crippen MR) is 113 cm³/mol. The Bertz CT molecular complexity index is 1000. The van der Waals surface area contributed by atoms with Crippen molar-refractivity contribution in [3.8, 4) is 11.8 Å². The van der Waals surface area contributed by atoms with Crippen LogP contribution in [0.25, 0.3) is 0 Å². The monoisotopic (exact) mass is 445 g/mol. The van der Waals surface area contributed by atoms with Crippen LogP contribution in [0.15, 0.2) is 12.1 Å². The molecule has 1 aromatic carbocycles. The number of nitrogens with zero attached hydrogens (tertiary/aromatic N) is 1. The lowest BCUT2D eigenvalue weighted by molar-refractivity contribution is -0.136. The molecule has 4 amide bonds. The van der Waals surface area contributed by atoms with E-state index in [9.17, 15) is 19.2 Å². The van der Waals surface area contributed by atoms with E-state index in [0.717, 1.165) is 5.56 Å². The lowest BCUT2D eigenvalue weighted by Gasteiger charge is -2.29. The molecule has 1 unspecified atom stereocenters. The minimum absolute atomic E-state index is 0.200. The molecule has 0 aromatic heterocycles. The maximum atomic E-state index is 12.9. The van der Waals surface area contributed by atoms with Gasteiger partial charge in [-0.25, -0.2) is 4.79 Å². The fourth-order valence-electron chi connectivity index (χ4n) is 3.38.